The van der Waals surface area contributed by atoms with E-state index in [0.717, 1.165) is 11.1 Å². The number of amides is 2. The summed E-state index contributed by atoms with van der Waals surface area (Å²) < 4.78 is 5.20. The lowest BCUT2D eigenvalue weighted by Gasteiger charge is -2.15. The molecule has 0 fully saturated rings. The second-order valence-corrected chi connectivity index (χ2v) is 8.18. The van der Waals surface area contributed by atoms with Crippen molar-refractivity contribution < 1.29 is 44.1 Å². The summed E-state index contributed by atoms with van der Waals surface area (Å²) in [4.78, 5) is 58.8. The number of nitrogens with one attached hydrogen (secondary N) is 3. The summed E-state index contributed by atoms with van der Waals surface area (Å²) in [5, 5.41) is 30.7. The molecular weight excluding hydrogens is 498 g/mol. The van der Waals surface area contributed by atoms with Gasteiger partial charge in [0.2, 0.25) is 11.7 Å². The van der Waals surface area contributed by atoms with Gasteiger partial charge in [0.05, 0.1) is 13.2 Å². The predicted octanol–water partition coefficient (Wildman–Crippen LogP) is -0.0705. The molecule has 1 atom stereocenters. The highest BCUT2D eigenvalue weighted by atomic mass is 16.5. The number of aliphatic hydroxyl groups excluding tert-OH is 2. The van der Waals surface area contributed by atoms with Crippen molar-refractivity contribution in [2.75, 3.05) is 40.0 Å². The van der Waals surface area contributed by atoms with Crippen LogP contribution in [-0.2, 0) is 19.1 Å². The predicted molar refractivity (Wildman–Crippen MR) is 135 cm³/mol. The average molecular weight is 530 g/mol. The molecule has 0 saturated carbocycles. The number of aliphatic hydroxyl groups is 2. The second kappa shape index (κ2) is 15.3. The summed E-state index contributed by atoms with van der Waals surface area (Å²) in [6.07, 6.45) is -0.0993. The molecule has 12 heteroatoms. The van der Waals surface area contributed by atoms with Gasteiger partial charge in [-0.15, -0.1) is 0 Å². The molecule has 2 aromatic rings. The number of aldehydes is 1. The van der Waals surface area contributed by atoms with E-state index in [9.17, 15) is 24.0 Å². The Morgan fingerprint density at radius 2 is 1.61 bits per heavy atom. The van der Waals surface area contributed by atoms with Crippen LogP contribution in [0, 0.1) is 0 Å². The zero-order valence-electron chi connectivity index (χ0n) is 20.9. The summed E-state index contributed by atoms with van der Waals surface area (Å²) in [7, 11) is 1.80. The Hall–Kier alpha value is -3.97. The number of ether oxygens (including phenoxy) is 1. The van der Waals surface area contributed by atoms with E-state index >= 15 is 0 Å². The van der Waals surface area contributed by atoms with Gasteiger partial charge in [0.15, 0.2) is 0 Å². The summed E-state index contributed by atoms with van der Waals surface area (Å²) in [6.45, 7) is 0.594. The standard InChI is InChI=1S/C23H22N2O8.C3H9NO/c26-8-7-24-22(30)14-2-4-16-15-3-1-13(11-27)9-17(15)19(18(16)10-14)12-33-23(31)20(28)5-6-21(29)25-32;1-4-2-3-5/h1-4,9-11,19,26,32H,5-8,12H2,(H,24,30)(H,25,29);4-5H,2-3H2,1H3. The zero-order chi connectivity index (χ0) is 28.1. The number of esters is 1. The third-order valence-electron chi connectivity index (χ3n) is 5.64. The Balaban J connectivity index is 0.000000926. The van der Waals surface area contributed by atoms with Crippen molar-refractivity contribution in [1.29, 1.82) is 0 Å². The summed E-state index contributed by atoms with van der Waals surface area (Å²) in [6, 6.07) is 10.1. The summed E-state index contributed by atoms with van der Waals surface area (Å²) in [5.41, 5.74) is 5.14. The van der Waals surface area contributed by atoms with Crippen molar-refractivity contribution in [2.24, 2.45) is 0 Å². The van der Waals surface area contributed by atoms with Gasteiger partial charge < -0.3 is 25.6 Å². The normalized spacial score (nSPS) is 12.8. The molecule has 0 aromatic heterocycles. The van der Waals surface area contributed by atoms with Crippen molar-refractivity contribution in [2.45, 2.75) is 18.8 Å². The number of hydroxylamine groups is 1. The van der Waals surface area contributed by atoms with E-state index in [4.69, 9.17) is 20.2 Å². The van der Waals surface area contributed by atoms with Crippen LogP contribution in [0.25, 0.3) is 11.1 Å². The zero-order valence-corrected chi connectivity index (χ0v) is 20.9. The summed E-state index contributed by atoms with van der Waals surface area (Å²) >= 11 is 0. The number of rotatable bonds is 12. The number of benzene rings is 2. The SMILES string of the molecule is CNCCO.O=Cc1ccc2c(c1)C(COC(=O)C(=O)CCC(=O)NO)c1cc(C(=O)NCCO)ccc1-2. The molecule has 0 saturated heterocycles. The minimum Gasteiger partial charge on any atom is -0.459 e. The van der Waals surface area contributed by atoms with E-state index in [-0.39, 0.29) is 38.7 Å². The van der Waals surface area contributed by atoms with Crippen LogP contribution in [0.5, 0.6) is 0 Å². The minimum absolute atomic E-state index is 0.0935. The fourth-order valence-corrected chi connectivity index (χ4v) is 3.78. The molecule has 1 unspecified atom stereocenters. The Morgan fingerprint density at radius 1 is 0.947 bits per heavy atom. The first-order valence-electron chi connectivity index (χ1n) is 11.8. The lowest BCUT2D eigenvalue weighted by atomic mass is 9.95. The fraction of sp³-hybridized carbons (Fsp3) is 0.346. The molecule has 2 amide bonds. The van der Waals surface area contributed by atoms with E-state index < -0.39 is 30.0 Å². The highest BCUT2D eigenvalue weighted by Gasteiger charge is 2.31. The Morgan fingerprint density at radius 3 is 2.18 bits per heavy atom. The third-order valence-corrected chi connectivity index (χ3v) is 5.64. The van der Waals surface area contributed by atoms with Crippen molar-refractivity contribution in [1.82, 2.24) is 16.1 Å². The van der Waals surface area contributed by atoms with E-state index in [1.807, 2.05) is 0 Å². The molecular formula is C26H31N3O9. The van der Waals surface area contributed by atoms with Crippen LogP contribution in [0.1, 0.15) is 50.6 Å². The molecule has 1 aliphatic carbocycles. The topological polar surface area (TPSA) is 191 Å². The van der Waals surface area contributed by atoms with Gasteiger partial charge in [-0.3, -0.25) is 24.4 Å². The van der Waals surface area contributed by atoms with Gasteiger partial charge in [-0.25, -0.2) is 10.3 Å². The first kappa shape index (κ1) is 30.3. The first-order chi connectivity index (χ1) is 18.3. The second-order valence-electron chi connectivity index (χ2n) is 8.18. The van der Waals surface area contributed by atoms with Gasteiger partial charge in [-0.1, -0.05) is 18.2 Å². The maximum absolute atomic E-state index is 12.3. The van der Waals surface area contributed by atoms with Gasteiger partial charge in [0.1, 0.15) is 12.9 Å². The molecule has 2 aromatic carbocycles. The maximum atomic E-state index is 12.3. The maximum Gasteiger partial charge on any atom is 0.374 e. The Labute approximate surface area is 219 Å². The minimum atomic E-state index is -1.13. The van der Waals surface area contributed by atoms with Gasteiger partial charge in [0, 0.05) is 43.0 Å². The van der Waals surface area contributed by atoms with Gasteiger partial charge in [-0.2, -0.15) is 0 Å². The lowest BCUT2D eigenvalue weighted by Crippen LogP contribution is -2.26. The Bertz CT molecular complexity index is 1160. The summed E-state index contributed by atoms with van der Waals surface area (Å²) in [5.74, 6) is -3.76. The fourth-order valence-electron chi connectivity index (χ4n) is 3.78. The average Bonchev–Trinajstić information content (AvgIpc) is 3.25. The molecule has 0 aliphatic heterocycles. The number of carbonyl (C=O) groups excluding carboxylic acids is 5. The molecule has 0 spiro atoms. The smallest absolute Gasteiger partial charge is 0.374 e. The van der Waals surface area contributed by atoms with Crippen molar-refractivity contribution >= 4 is 29.9 Å². The number of carbonyl (C=O) groups is 5. The molecule has 0 bridgehead atoms. The van der Waals surface area contributed by atoms with Gasteiger partial charge in [0.25, 0.3) is 5.91 Å². The van der Waals surface area contributed by atoms with E-state index in [0.29, 0.717) is 35.1 Å². The number of fused-ring (bicyclic) bond motifs is 3. The molecule has 6 N–H and O–H groups in total. The van der Waals surface area contributed by atoms with Crippen LogP contribution < -0.4 is 16.1 Å². The molecule has 3 rings (SSSR count). The number of likely N-dealkylation sites (N-methyl/N-ethyl adjacent to an activating group) is 1. The van der Waals surface area contributed by atoms with E-state index in [1.165, 1.54) is 5.48 Å². The number of Topliss-reactive ketones (excluding diaryl/α,β-unsaturated/α-hetero) is 1. The van der Waals surface area contributed by atoms with Crippen molar-refractivity contribution in [3.8, 4) is 11.1 Å². The lowest BCUT2D eigenvalue weighted by molar-refractivity contribution is -0.154. The van der Waals surface area contributed by atoms with E-state index in [2.05, 4.69) is 10.6 Å². The monoisotopic (exact) mass is 529 g/mol. The van der Waals surface area contributed by atoms with Crippen LogP contribution in [0.4, 0.5) is 0 Å². The number of ketones is 1. The van der Waals surface area contributed by atoms with E-state index in [1.54, 1.807) is 43.4 Å². The molecule has 204 valence electrons. The largest absolute Gasteiger partial charge is 0.459 e. The van der Waals surface area contributed by atoms with Crippen LogP contribution in [0.15, 0.2) is 36.4 Å². The number of hydrogen-bond acceptors (Lipinski definition) is 10. The van der Waals surface area contributed by atoms with Crippen molar-refractivity contribution in [3.63, 3.8) is 0 Å². The highest BCUT2D eigenvalue weighted by Crippen LogP contribution is 2.45. The van der Waals surface area contributed by atoms with Crippen LogP contribution in [0.3, 0.4) is 0 Å². The van der Waals surface area contributed by atoms with Crippen LogP contribution >= 0.6 is 0 Å². The molecule has 12 nitrogen and oxygen atoms in total. The van der Waals surface area contributed by atoms with Gasteiger partial charge in [-0.05, 0) is 47.5 Å². The Kier molecular flexibility index (Phi) is 12.2. The highest BCUT2D eigenvalue weighted by molar-refractivity contribution is 6.33. The molecule has 0 heterocycles. The molecule has 0 radical (unpaired) electrons. The molecule has 1 aliphatic rings. The van der Waals surface area contributed by atoms with Crippen molar-refractivity contribution in [3.05, 3.63) is 58.7 Å². The van der Waals surface area contributed by atoms with Crippen LogP contribution in [0.2, 0.25) is 0 Å². The first-order valence-corrected chi connectivity index (χ1v) is 11.8. The third kappa shape index (κ3) is 8.02. The number of hydrogen-bond donors (Lipinski definition) is 6. The quantitative estimate of drug-likeness (QED) is 0.0713. The molecule has 38 heavy (non-hydrogen) atoms. The van der Waals surface area contributed by atoms with Crippen LogP contribution in [-0.4, -0.2) is 85.2 Å². The van der Waals surface area contributed by atoms with Gasteiger partial charge >= 0.3 is 5.97 Å².